The molecule has 0 spiro atoms. The molecule has 5 fully saturated rings. The van der Waals surface area contributed by atoms with Gasteiger partial charge >= 0.3 is 6.18 Å². The van der Waals surface area contributed by atoms with Crippen molar-refractivity contribution in [1.82, 2.24) is 20.4 Å². The highest BCUT2D eigenvalue weighted by atomic mass is 19.4. The number of alkyl halides is 3. The molecule has 1 unspecified atom stereocenters. The number of carbonyl (C=O) groups is 1. The molecule has 3 atom stereocenters. The first kappa shape index (κ1) is 27.8. The smallest absolute Gasteiger partial charge is 0.349 e. The number of hydrogen-bond acceptors (Lipinski definition) is 3. The standard InChI is InChI=1S/C32H43F3N4O/c1-27(2,3)39-12-11-23(38-39)22-13-24(36-25(22)20-7-9-21(10-8-20)32(33,34)35)26(40)37-31-17-28(4)14-29(5,18-31)16-30(6,15-28)19-31/h7-12,22,24-25,36H,13-19H2,1-6H3,(H,37,40)/t22?,24-,25-,28?,29?,30?,31?/m0/s1. The lowest BCUT2D eigenvalue weighted by Crippen LogP contribution is -2.68. The van der Waals surface area contributed by atoms with Gasteiger partial charge in [-0.2, -0.15) is 18.3 Å². The van der Waals surface area contributed by atoms with Crippen LogP contribution in [0.25, 0.3) is 0 Å². The molecule has 1 aromatic carbocycles. The number of amides is 1. The minimum atomic E-state index is -4.39. The Morgan fingerprint density at radius 1 is 0.925 bits per heavy atom. The Bertz CT molecular complexity index is 1250. The van der Waals surface area contributed by atoms with Crippen molar-refractivity contribution < 1.29 is 18.0 Å². The second-order valence-electron chi connectivity index (χ2n) is 15.8. The third-order valence-corrected chi connectivity index (χ3v) is 10.1. The summed E-state index contributed by atoms with van der Waals surface area (Å²) in [5, 5.41) is 12.0. The molecule has 218 valence electrons. The SMILES string of the molecule is CC12CC3(C)CC(C)(C1)CC(NC(=O)[C@@H]1CC(c4ccn(C(C)(C)C)n4)[C@H](c4ccc(C(F)(F)F)cc4)N1)(C2)C3. The van der Waals surface area contributed by atoms with Gasteiger partial charge in [0.25, 0.3) is 0 Å². The van der Waals surface area contributed by atoms with E-state index in [0.29, 0.717) is 6.42 Å². The Morgan fingerprint density at radius 2 is 1.48 bits per heavy atom. The van der Waals surface area contributed by atoms with E-state index in [1.807, 2.05) is 16.9 Å². The first-order chi connectivity index (χ1) is 18.4. The second kappa shape index (κ2) is 8.59. The van der Waals surface area contributed by atoms with Crippen molar-refractivity contribution in [3.63, 3.8) is 0 Å². The number of aromatic nitrogens is 2. The molecule has 0 radical (unpaired) electrons. The first-order valence-electron chi connectivity index (χ1n) is 14.7. The summed E-state index contributed by atoms with van der Waals surface area (Å²) >= 11 is 0. The van der Waals surface area contributed by atoms with Gasteiger partial charge in [0.15, 0.2) is 0 Å². The van der Waals surface area contributed by atoms with Crippen LogP contribution in [0.4, 0.5) is 13.2 Å². The monoisotopic (exact) mass is 556 g/mol. The largest absolute Gasteiger partial charge is 0.416 e. The van der Waals surface area contributed by atoms with Crippen LogP contribution >= 0.6 is 0 Å². The third kappa shape index (κ3) is 4.88. The molecule has 4 bridgehead atoms. The summed E-state index contributed by atoms with van der Waals surface area (Å²) in [5.74, 6) is -0.132. The Balaban J connectivity index is 1.28. The molecule has 1 aromatic heterocycles. The topological polar surface area (TPSA) is 59.0 Å². The molecule has 1 aliphatic heterocycles. The van der Waals surface area contributed by atoms with Gasteiger partial charge in [-0.1, -0.05) is 32.9 Å². The van der Waals surface area contributed by atoms with E-state index in [1.165, 1.54) is 31.4 Å². The molecule has 7 rings (SSSR count). The molecule has 5 aliphatic rings. The third-order valence-electron chi connectivity index (χ3n) is 10.1. The molecule has 4 saturated carbocycles. The van der Waals surface area contributed by atoms with Crippen LogP contribution in [-0.2, 0) is 16.5 Å². The number of halogens is 3. The van der Waals surface area contributed by atoms with E-state index in [4.69, 9.17) is 5.10 Å². The van der Waals surface area contributed by atoms with Gasteiger partial charge in [-0.25, -0.2) is 0 Å². The van der Waals surface area contributed by atoms with Crippen molar-refractivity contribution in [2.75, 3.05) is 0 Å². The van der Waals surface area contributed by atoms with Crippen LogP contribution in [0.15, 0.2) is 36.5 Å². The van der Waals surface area contributed by atoms with Gasteiger partial charge in [-0.15, -0.1) is 0 Å². The van der Waals surface area contributed by atoms with E-state index in [9.17, 15) is 18.0 Å². The summed E-state index contributed by atoms with van der Waals surface area (Å²) in [4.78, 5) is 14.0. The van der Waals surface area contributed by atoms with E-state index in [1.54, 1.807) is 0 Å². The summed E-state index contributed by atoms with van der Waals surface area (Å²) in [6.45, 7) is 13.4. The van der Waals surface area contributed by atoms with Crippen LogP contribution in [0.1, 0.15) is 115 Å². The number of nitrogens with zero attached hydrogens (tertiary/aromatic N) is 2. The quantitative estimate of drug-likeness (QED) is 0.422. The molecule has 1 amide bonds. The lowest BCUT2D eigenvalue weighted by Gasteiger charge is -2.69. The minimum absolute atomic E-state index is 0.00687. The highest BCUT2D eigenvalue weighted by Crippen LogP contribution is 2.70. The van der Waals surface area contributed by atoms with Gasteiger partial charge in [0.1, 0.15) is 0 Å². The lowest BCUT2D eigenvalue weighted by molar-refractivity contribution is -0.164. The normalized spacial score (nSPS) is 39.1. The zero-order chi connectivity index (χ0) is 28.9. The molecule has 8 heteroatoms. The molecule has 2 N–H and O–H groups in total. The zero-order valence-corrected chi connectivity index (χ0v) is 24.6. The molecule has 4 aliphatic carbocycles. The Hall–Kier alpha value is -2.35. The van der Waals surface area contributed by atoms with Crippen LogP contribution in [0.3, 0.4) is 0 Å². The van der Waals surface area contributed by atoms with Crippen molar-refractivity contribution in [3.05, 3.63) is 53.3 Å². The summed E-state index contributed by atoms with van der Waals surface area (Å²) in [5.41, 5.74) is 1.27. The number of carbonyl (C=O) groups excluding carboxylic acids is 1. The van der Waals surface area contributed by atoms with E-state index >= 15 is 0 Å². The Morgan fingerprint density at radius 3 is 1.95 bits per heavy atom. The van der Waals surface area contributed by atoms with Crippen LogP contribution in [0.2, 0.25) is 0 Å². The second-order valence-corrected chi connectivity index (χ2v) is 15.8. The molecule has 40 heavy (non-hydrogen) atoms. The van der Waals surface area contributed by atoms with Crippen LogP contribution in [0.5, 0.6) is 0 Å². The van der Waals surface area contributed by atoms with E-state index in [2.05, 4.69) is 52.2 Å². The van der Waals surface area contributed by atoms with Crippen molar-refractivity contribution in [2.45, 2.75) is 122 Å². The van der Waals surface area contributed by atoms with Crippen molar-refractivity contribution in [2.24, 2.45) is 16.2 Å². The van der Waals surface area contributed by atoms with Crippen LogP contribution in [-0.4, -0.2) is 27.3 Å². The first-order valence-corrected chi connectivity index (χ1v) is 14.7. The fraction of sp³-hybridized carbons (Fsp3) is 0.688. The zero-order valence-electron chi connectivity index (χ0n) is 24.6. The summed E-state index contributed by atoms with van der Waals surface area (Å²) in [6, 6.07) is 6.56. The molecule has 1 saturated heterocycles. The van der Waals surface area contributed by atoms with Crippen LogP contribution in [0, 0.1) is 16.2 Å². The fourth-order valence-corrected chi connectivity index (χ4v) is 10.2. The summed E-state index contributed by atoms with van der Waals surface area (Å²) in [7, 11) is 0. The highest BCUT2D eigenvalue weighted by Gasteiger charge is 2.64. The Kier molecular flexibility index (Phi) is 5.97. The van der Waals surface area contributed by atoms with Gasteiger partial charge < -0.3 is 5.32 Å². The summed E-state index contributed by atoms with van der Waals surface area (Å²) in [6.07, 6.45) is 4.83. The van der Waals surface area contributed by atoms with E-state index in [-0.39, 0.29) is 45.2 Å². The van der Waals surface area contributed by atoms with Gasteiger partial charge in [-0.05, 0) is 106 Å². The molecular weight excluding hydrogens is 513 g/mol. The maximum atomic E-state index is 14.0. The minimum Gasteiger partial charge on any atom is -0.349 e. The predicted octanol–water partition coefficient (Wildman–Crippen LogP) is 7.10. The Labute approximate surface area is 235 Å². The van der Waals surface area contributed by atoms with E-state index < -0.39 is 17.8 Å². The van der Waals surface area contributed by atoms with Gasteiger partial charge in [0.05, 0.1) is 22.8 Å². The lowest BCUT2D eigenvalue weighted by atomic mass is 9.38. The van der Waals surface area contributed by atoms with Crippen molar-refractivity contribution in [1.29, 1.82) is 0 Å². The van der Waals surface area contributed by atoms with Gasteiger partial charge in [-0.3, -0.25) is 14.8 Å². The van der Waals surface area contributed by atoms with E-state index in [0.717, 1.165) is 42.7 Å². The number of benzene rings is 1. The molecular formula is C32H43F3N4O. The number of nitrogens with one attached hydrogen (secondary N) is 2. The fourth-order valence-electron chi connectivity index (χ4n) is 10.2. The average molecular weight is 557 g/mol. The van der Waals surface area contributed by atoms with Gasteiger partial charge in [0.2, 0.25) is 5.91 Å². The van der Waals surface area contributed by atoms with Crippen molar-refractivity contribution >= 4 is 5.91 Å². The number of hydrogen-bond donors (Lipinski definition) is 2. The molecule has 5 nitrogen and oxygen atoms in total. The van der Waals surface area contributed by atoms with Gasteiger partial charge in [0, 0.05) is 23.7 Å². The average Bonchev–Trinajstić information content (AvgIpc) is 3.42. The predicted molar refractivity (Wildman–Crippen MR) is 149 cm³/mol. The molecule has 2 heterocycles. The van der Waals surface area contributed by atoms with Crippen molar-refractivity contribution in [3.8, 4) is 0 Å². The number of rotatable bonds is 4. The molecule has 2 aromatic rings. The maximum absolute atomic E-state index is 14.0. The van der Waals surface area contributed by atoms with Crippen LogP contribution < -0.4 is 10.6 Å². The highest BCUT2D eigenvalue weighted by molar-refractivity contribution is 5.83. The summed E-state index contributed by atoms with van der Waals surface area (Å²) < 4.78 is 41.7. The maximum Gasteiger partial charge on any atom is 0.416 e.